The number of likely N-dealkylation sites (N-methyl/N-ethyl adjacent to an activating group) is 1. The highest BCUT2D eigenvalue weighted by molar-refractivity contribution is 5.86. The minimum Gasteiger partial charge on any atom is -0.355 e. The molecule has 0 atom stereocenters. The maximum atomic E-state index is 11.8. The molecule has 0 spiro atoms. The number of nitrogens with one attached hydrogen (secondary N) is 2. The van der Waals surface area contributed by atoms with E-state index >= 15 is 0 Å². The number of hydrogen-bond acceptors (Lipinski definition) is 4. The Kier molecular flexibility index (Phi) is 16.1. The van der Waals surface area contributed by atoms with Gasteiger partial charge in [-0.25, -0.2) is 0 Å². The number of rotatable bonds is 6. The third-order valence-electron chi connectivity index (χ3n) is 4.58. The van der Waals surface area contributed by atoms with E-state index in [0.717, 1.165) is 64.7 Å². The number of hydrogen-bond donors (Lipinski definition) is 2. The summed E-state index contributed by atoms with van der Waals surface area (Å²) in [5, 5.41) is 6.44. The Hall–Kier alpha value is 0.220. The zero-order valence-electron chi connectivity index (χ0n) is 14.1. The molecule has 2 rings (SSSR count). The van der Waals surface area contributed by atoms with Crippen molar-refractivity contribution in [2.45, 2.75) is 25.7 Å². The molecule has 0 unspecified atom stereocenters. The lowest BCUT2D eigenvalue weighted by molar-refractivity contribution is -0.121. The van der Waals surface area contributed by atoms with Gasteiger partial charge in [0.05, 0.1) is 0 Å². The lowest BCUT2D eigenvalue weighted by atomic mass is 9.93. The molecule has 0 radical (unpaired) electrons. The first-order chi connectivity index (χ1) is 9.74. The van der Waals surface area contributed by atoms with E-state index in [1.165, 1.54) is 12.8 Å². The molecule has 5 nitrogen and oxygen atoms in total. The molecular weight excluding hydrogens is 359 g/mol. The third-order valence-corrected chi connectivity index (χ3v) is 4.58. The van der Waals surface area contributed by atoms with Crippen LogP contribution in [0.4, 0.5) is 0 Å². The summed E-state index contributed by atoms with van der Waals surface area (Å²) >= 11 is 0. The lowest BCUT2D eigenvalue weighted by Crippen LogP contribution is -2.46. The fraction of sp³-hybridized carbons (Fsp3) is 0.933. The SMILES string of the molecule is CN1CCN(CCNC(=O)CCC2CCNCC2)CC1.Cl.Cl.Cl. The maximum absolute atomic E-state index is 11.8. The average molecular weight is 392 g/mol. The van der Waals surface area contributed by atoms with E-state index in [-0.39, 0.29) is 43.1 Å². The van der Waals surface area contributed by atoms with Crippen LogP contribution in [0.2, 0.25) is 0 Å². The molecule has 0 saturated carbocycles. The Labute approximate surface area is 159 Å². The number of carbonyl (C=O) groups excluding carboxylic acids is 1. The van der Waals surface area contributed by atoms with E-state index < -0.39 is 0 Å². The highest BCUT2D eigenvalue weighted by Gasteiger charge is 2.15. The van der Waals surface area contributed by atoms with Crippen LogP contribution in [0.25, 0.3) is 0 Å². The molecule has 2 fully saturated rings. The third kappa shape index (κ3) is 10.6. The molecule has 8 heteroatoms. The van der Waals surface area contributed by atoms with Gasteiger partial charge in [0.15, 0.2) is 0 Å². The summed E-state index contributed by atoms with van der Waals surface area (Å²) in [5.74, 6) is 0.984. The van der Waals surface area contributed by atoms with E-state index in [0.29, 0.717) is 6.42 Å². The molecule has 1 amide bonds. The second kappa shape index (κ2) is 14.6. The van der Waals surface area contributed by atoms with Gasteiger partial charge in [0.1, 0.15) is 0 Å². The minimum absolute atomic E-state index is 0. The molecule has 0 aromatic rings. The second-order valence-corrected chi connectivity index (χ2v) is 6.23. The molecule has 2 aliphatic heterocycles. The van der Waals surface area contributed by atoms with Crippen LogP contribution in [0.3, 0.4) is 0 Å². The van der Waals surface area contributed by atoms with Crippen molar-refractivity contribution in [2.75, 3.05) is 59.4 Å². The van der Waals surface area contributed by atoms with E-state index in [2.05, 4.69) is 27.5 Å². The Morgan fingerprint density at radius 1 is 1.09 bits per heavy atom. The summed E-state index contributed by atoms with van der Waals surface area (Å²) in [6, 6.07) is 0. The highest BCUT2D eigenvalue weighted by atomic mass is 35.5. The van der Waals surface area contributed by atoms with Crippen molar-refractivity contribution < 1.29 is 4.79 Å². The van der Waals surface area contributed by atoms with Crippen molar-refractivity contribution in [1.29, 1.82) is 0 Å². The molecule has 140 valence electrons. The van der Waals surface area contributed by atoms with Gasteiger partial charge >= 0.3 is 0 Å². The van der Waals surface area contributed by atoms with Crippen LogP contribution < -0.4 is 10.6 Å². The average Bonchev–Trinajstić information content (AvgIpc) is 2.48. The molecule has 0 aromatic carbocycles. The molecule has 2 saturated heterocycles. The fourth-order valence-electron chi connectivity index (χ4n) is 3.02. The molecule has 0 bridgehead atoms. The van der Waals surface area contributed by atoms with Crippen LogP contribution in [0, 0.1) is 5.92 Å². The van der Waals surface area contributed by atoms with E-state index in [4.69, 9.17) is 0 Å². The first-order valence-electron chi connectivity index (χ1n) is 8.12. The predicted molar refractivity (Wildman–Crippen MR) is 104 cm³/mol. The number of carbonyl (C=O) groups is 1. The van der Waals surface area contributed by atoms with Gasteiger partial charge in [0, 0.05) is 45.7 Å². The Morgan fingerprint density at radius 3 is 2.30 bits per heavy atom. The molecule has 0 aromatic heterocycles. The predicted octanol–water partition coefficient (Wildman–Crippen LogP) is 1.40. The topological polar surface area (TPSA) is 47.6 Å². The first-order valence-corrected chi connectivity index (χ1v) is 8.12. The van der Waals surface area contributed by atoms with Crippen molar-refractivity contribution in [2.24, 2.45) is 5.92 Å². The summed E-state index contributed by atoms with van der Waals surface area (Å²) in [6.45, 7) is 8.57. The van der Waals surface area contributed by atoms with E-state index in [1.54, 1.807) is 0 Å². The summed E-state index contributed by atoms with van der Waals surface area (Å²) in [5.41, 5.74) is 0. The van der Waals surface area contributed by atoms with Gasteiger partial charge in [-0.1, -0.05) is 0 Å². The smallest absolute Gasteiger partial charge is 0.220 e. The van der Waals surface area contributed by atoms with Crippen molar-refractivity contribution in [1.82, 2.24) is 20.4 Å². The molecule has 0 aliphatic carbocycles. The molecule has 23 heavy (non-hydrogen) atoms. The number of amides is 1. The maximum Gasteiger partial charge on any atom is 0.220 e. The van der Waals surface area contributed by atoms with Gasteiger partial charge in [-0.3, -0.25) is 9.69 Å². The van der Waals surface area contributed by atoms with Crippen LogP contribution in [0.15, 0.2) is 0 Å². The van der Waals surface area contributed by atoms with E-state index in [1.807, 2.05) is 0 Å². The zero-order chi connectivity index (χ0) is 14.2. The Morgan fingerprint density at radius 2 is 1.70 bits per heavy atom. The zero-order valence-corrected chi connectivity index (χ0v) is 16.5. The lowest BCUT2D eigenvalue weighted by Gasteiger charge is -2.32. The van der Waals surface area contributed by atoms with Gasteiger partial charge in [-0.2, -0.15) is 0 Å². The summed E-state index contributed by atoms with van der Waals surface area (Å²) in [6.07, 6.45) is 4.22. The number of piperazine rings is 1. The minimum atomic E-state index is 0. The monoisotopic (exact) mass is 390 g/mol. The van der Waals surface area contributed by atoms with Crippen LogP contribution in [-0.2, 0) is 4.79 Å². The largest absolute Gasteiger partial charge is 0.355 e. The summed E-state index contributed by atoms with van der Waals surface area (Å²) < 4.78 is 0. The standard InChI is InChI=1S/C15H30N4O.3ClH/c1-18-10-12-19(13-11-18)9-8-17-15(20)3-2-14-4-6-16-7-5-14;;;/h14,16H,2-13H2,1H3,(H,17,20);3*1H. The van der Waals surface area contributed by atoms with Crippen LogP contribution in [0.1, 0.15) is 25.7 Å². The summed E-state index contributed by atoms with van der Waals surface area (Å²) in [7, 11) is 2.17. The van der Waals surface area contributed by atoms with Gasteiger partial charge in [-0.05, 0) is 45.3 Å². The van der Waals surface area contributed by atoms with E-state index in [9.17, 15) is 4.79 Å². The summed E-state index contributed by atoms with van der Waals surface area (Å²) in [4.78, 5) is 16.6. The second-order valence-electron chi connectivity index (χ2n) is 6.23. The number of piperidine rings is 1. The fourth-order valence-corrected chi connectivity index (χ4v) is 3.02. The van der Waals surface area contributed by atoms with Crippen molar-refractivity contribution >= 4 is 43.1 Å². The molecule has 2 aliphatic rings. The highest BCUT2D eigenvalue weighted by Crippen LogP contribution is 2.17. The van der Waals surface area contributed by atoms with Crippen molar-refractivity contribution in [3.8, 4) is 0 Å². The van der Waals surface area contributed by atoms with Crippen molar-refractivity contribution in [3.63, 3.8) is 0 Å². The first kappa shape index (κ1) is 25.5. The Balaban J connectivity index is 0. The molecular formula is C15H33Cl3N4O. The van der Waals surface area contributed by atoms with Crippen LogP contribution in [0.5, 0.6) is 0 Å². The molecule has 2 heterocycles. The quantitative estimate of drug-likeness (QED) is 0.718. The number of nitrogens with zero attached hydrogens (tertiary/aromatic N) is 2. The van der Waals surface area contributed by atoms with Gasteiger partial charge < -0.3 is 15.5 Å². The molecule has 2 N–H and O–H groups in total. The normalized spacial score (nSPS) is 19.9. The van der Waals surface area contributed by atoms with Gasteiger partial charge in [0.25, 0.3) is 0 Å². The Bertz CT molecular complexity index is 296. The van der Waals surface area contributed by atoms with Crippen molar-refractivity contribution in [3.05, 3.63) is 0 Å². The number of halogens is 3. The van der Waals surface area contributed by atoms with Crippen LogP contribution in [-0.4, -0.2) is 75.1 Å². The van der Waals surface area contributed by atoms with Gasteiger partial charge in [0.2, 0.25) is 5.91 Å². The van der Waals surface area contributed by atoms with Crippen LogP contribution >= 0.6 is 37.2 Å². The van der Waals surface area contributed by atoms with Gasteiger partial charge in [-0.15, -0.1) is 37.2 Å².